The molecule has 0 bridgehead atoms. The number of amides is 1. The first-order chi connectivity index (χ1) is 13.0. The first-order valence-electron chi connectivity index (χ1n) is 8.65. The Balaban J connectivity index is 1.96. The summed E-state index contributed by atoms with van der Waals surface area (Å²) in [6.07, 6.45) is -0.312. The number of ether oxygens (including phenoxy) is 2. The minimum atomic E-state index is -1.01. The Kier molecular flexibility index (Phi) is 7.10. The van der Waals surface area contributed by atoms with Crippen LogP contribution in [-0.4, -0.2) is 34.9 Å². The van der Waals surface area contributed by atoms with Gasteiger partial charge >= 0.3 is 5.97 Å². The third kappa shape index (κ3) is 5.40. The molecule has 1 N–H and O–H groups in total. The highest BCUT2D eigenvalue weighted by atomic mass is 16.5. The van der Waals surface area contributed by atoms with Crippen LogP contribution < -0.4 is 15.6 Å². The SMILES string of the molecule is CCCn1nc(C(=O)OC(C)C(=O)NCc2ccccc2OC)ccc1=O. The second-order valence-electron chi connectivity index (χ2n) is 5.86. The maximum absolute atomic E-state index is 12.2. The minimum absolute atomic E-state index is 0.0209. The molecule has 144 valence electrons. The molecule has 0 saturated heterocycles. The highest BCUT2D eigenvalue weighted by Gasteiger charge is 2.20. The van der Waals surface area contributed by atoms with Gasteiger partial charge in [-0.1, -0.05) is 25.1 Å². The average Bonchev–Trinajstić information content (AvgIpc) is 2.67. The van der Waals surface area contributed by atoms with Gasteiger partial charge in [-0.3, -0.25) is 9.59 Å². The number of nitrogens with zero attached hydrogens (tertiary/aromatic N) is 2. The number of aryl methyl sites for hydroxylation is 1. The van der Waals surface area contributed by atoms with E-state index in [1.807, 2.05) is 25.1 Å². The molecule has 0 spiro atoms. The van der Waals surface area contributed by atoms with E-state index in [1.165, 1.54) is 23.7 Å². The summed E-state index contributed by atoms with van der Waals surface area (Å²) >= 11 is 0. The Morgan fingerprint density at radius 1 is 1.22 bits per heavy atom. The molecule has 1 amide bonds. The summed E-state index contributed by atoms with van der Waals surface area (Å²) in [4.78, 5) is 36.1. The number of hydrogen-bond acceptors (Lipinski definition) is 6. The van der Waals surface area contributed by atoms with Crippen LogP contribution in [0.15, 0.2) is 41.2 Å². The lowest BCUT2D eigenvalue weighted by molar-refractivity contribution is -0.129. The number of aromatic nitrogens is 2. The van der Waals surface area contributed by atoms with Crippen LogP contribution in [0.3, 0.4) is 0 Å². The fourth-order valence-electron chi connectivity index (χ4n) is 2.38. The van der Waals surface area contributed by atoms with Gasteiger partial charge in [0.15, 0.2) is 11.8 Å². The zero-order chi connectivity index (χ0) is 19.8. The summed E-state index contributed by atoms with van der Waals surface area (Å²) in [7, 11) is 1.55. The molecule has 0 aliphatic heterocycles. The molecule has 1 heterocycles. The number of hydrogen-bond donors (Lipinski definition) is 1. The Bertz CT molecular complexity index is 862. The van der Waals surface area contributed by atoms with Crippen LogP contribution in [0.25, 0.3) is 0 Å². The number of esters is 1. The van der Waals surface area contributed by atoms with Gasteiger partial charge in [-0.05, 0) is 25.5 Å². The Hall–Kier alpha value is -3.16. The van der Waals surface area contributed by atoms with Crippen LogP contribution in [0, 0.1) is 0 Å². The smallest absolute Gasteiger partial charge is 0.359 e. The predicted octanol–water partition coefficient (Wildman–Crippen LogP) is 1.52. The summed E-state index contributed by atoms with van der Waals surface area (Å²) in [6.45, 7) is 4.00. The van der Waals surface area contributed by atoms with E-state index < -0.39 is 18.0 Å². The van der Waals surface area contributed by atoms with Crippen LogP contribution in [-0.2, 0) is 22.6 Å². The van der Waals surface area contributed by atoms with E-state index in [2.05, 4.69) is 10.4 Å². The van der Waals surface area contributed by atoms with Gasteiger partial charge in [0.2, 0.25) is 0 Å². The van der Waals surface area contributed by atoms with Crippen LogP contribution >= 0.6 is 0 Å². The Morgan fingerprint density at radius 3 is 2.67 bits per heavy atom. The lowest BCUT2D eigenvalue weighted by atomic mass is 10.2. The van der Waals surface area contributed by atoms with E-state index in [-0.39, 0.29) is 17.8 Å². The fourth-order valence-corrected chi connectivity index (χ4v) is 2.38. The highest BCUT2D eigenvalue weighted by Crippen LogP contribution is 2.16. The van der Waals surface area contributed by atoms with E-state index in [4.69, 9.17) is 9.47 Å². The van der Waals surface area contributed by atoms with Crippen LogP contribution in [0.2, 0.25) is 0 Å². The van der Waals surface area contributed by atoms with Crippen molar-refractivity contribution in [1.29, 1.82) is 0 Å². The van der Waals surface area contributed by atoms with E-state index >= 15 is 0 Å². The first-order valence-corrected chi connectivity index (χ1v) is 8.65. The molecule has 8 heteroatoms. The summed E-state index contributed by atoms with van der Waals surface area (Å²) in [6, 6.07) is 9.84. The second kappa shape index (κ2) is 9.51. The van der Waals surface area contributed by atoms with Crippen molar-refractivity contribution in [3.8, 4) is 5.75 Å². The summed E-state index contributed by atoms with van der Waals surface area (Å²) in [5, 5.41) is 6.67. The number of nitrogens with one attached hydrogen (secondary N) is 1. The van der Waals surface area contributed by atoms with E-state index in [1.54, 1.807) is 13.2 Å². The Labute approximate surface area is 157 Å². The summed E-state index contributed by atoms with van der Waals surface area (Å²) in [5.74, 6) is -0.555. The minimum Gasteiger partial charge on any atom is -0.496 e. The van der Waals surface area contributed by atoms with Gasteiger partial charge < -0.3 is 14.8 Å². The van der Waals surface area contributed by atoms with Crippen molar-refractivity contribution in [1.82, 2.24) is 15.1 Å². The van der Waals surface area contributed by atoms with E-state index in [0.717, 1.165) is 5.56 Å². The third-order valence-electron chi connectivity index (χ3n) is 3.81. The van der Waals surface area contributed by atoms with Gasteiger partial charge in [0, 0.05) is 24.7 Å². The van der Waals surface area contributed by atoms with Crippen molar-refractivity contribution in [3.63, 3.8) is 0 Å². The number of carbonyl (C=O) groups excluding carboxylic acids is 2. The highest BCUT2D eigenvalue weighted by molar-refractivity contribution is 5.90. The molecule has 27 heavy (non-hydrogen) atoms. The van der Waals surface area contributed by atoms with Crippen molar-refractivity contribution >= 4 is 11.9 Å². The van der Waals surface area contributed by atoms with Crippen molar-refractivity contribution in [2.75, 3.05) is 7.11 Å². The number of para-hydroxylation sites is 1. The molecular formula is C19H23N3O5. The van der Waals surface area contributed by atoms with Crippen LogP contribution in [0.5, 0.6) is 5.75 Å². The zero-order valence-corrected chi connectivity index (χ0v) is 15.6. The number of carbonyl (C=O) groups is 2. The maximum Gasteiger partial charge on any atom is 0.359 e. The maximum atomic E-state index is 12.2. The number of benzene rings is 1. The molecule has 0 aliphatic rings. The quantitative estimate of drug-likeness (QED) is 0.705. The van der Waals surface area contributed by atoms with Crippen molar-refractivity contribution in [2.45, 2.75) is 39.5 Å². The van der Waals surface area contributed by atoms with Gasteiger partial charge in [-0.15, -0.1) is 0 Å². The van der Waals surface area contributed by atoms with Crippen molar-refractivity contribution in [2.24, 2.45) is 0 Å². The normalized spacial score (nSPS) is 11.5. The second-order valence-corrected chi connectivity index (χ2v) is 5.86. The van der Waals surface area contributed by atoms with E-state index in [9.17, 15) is 14.4 Å². The average molecular weight is 373 g/mol. The van der Waals surface area contributed by atoms with Gasteiger partial charge in [-0.25, -0.2) is 9.48 Å². The van der Waals surface area contributed by atoms with E-state index in [0.29, 0.717) is 18.7 Å². The predicted molar refractivity (Wildman–Crippen MR) is 98.5 cm³/mol. The molecule has 1 atom stereocenters. The summed E-state index contributed by atoms with van der Waals surface area (Å²) in [5.41, 5.74) is 0.489. The summed E-state index contributed by atoms with van der Waals surface area (Å²) < 4.78 is 11.6. The lowest BCUT2D eigenvalue weighted by Gasteiger charge is -2.14. The van der Waals surface area contributed by atoms with Crippen LogP contribution in [0.1, 0.15) is 36.3 Å². The van der Waals surface area contributed by atoms with Gasteiger partial charge in [0.25, 0.3) is 11.5 Å². The molecular weight excluding hydrogens is 350 g/mol. The Morgan fingerprint density at radius 2 is 1.96 bits per heavy atom. The third-order valence-corrected chi connectivity index (χ3v) is 3.81. The molecule has 2 rings (SSSR count). The molecule has 0 saturated carbocycles. The van der Waals surface area contributed by atoms with Gasteiger partial charge in [-0.2, -0.15) is 5.10 Å². The molecule has 0 radical (unpaired) electrons. The number of methoxy groups -OCH3 is 1. The van der Waals surface area contributed by atoms with Gasteiger partial charge in [0.05, 0.1) is 7.11 Å². The lowest BCUT2D eigenvalue weighted by Crippen LogP contribution is -2.36. The van der Waals surface area contributed by atoms with Gasteiger partial charge in [0.1, 0.15) is 5.75 Å². The van der Waals surface area contributed by atoms with Crippen molar-refractivity contribution < 1.29 is 19.1 Å². The molecule has 2 aromatic rings. The van der Waals surface area contributed by atoms with Crippen LogP contribution in [0.4, 0.5) is 0 Å². The molecule has 0 aliphatic carbocycles. The first kappa shape index (κ1) is 20.2. The monoisotopic (exact) mass is 373 g/mol. The van der Waals surface area contributed by atoms with Crippen molar-refractivity contribution in [3.05, 3.63) is 58.0 Å². The molecule has 1 aromatic heterocycles. The standard InChI is InChI=1S/C19H23N3O5/c1-4-11-22-17(23)10-9-15(21-22)19(25)27-13(2)18(24)20-12-14-7-5-6-8-16(14)26-3/h5-10,13H,4,11-12H2,1-3H3,(H,20,24). The molecule has 8 nitrogen and oxygen atoms in total. The molecule has 1 aromatic carbocycles. The zero-order valence-electron chi connectivity index (χ0n) is 15.6. The molecule has 1 unspecified atom stereocenters. The largest absolute Gasteiger partial charge is 0.496 e. The fraction of sp³-hybridized carbons (Fsp3) is 0.368. The number of rotatable bonds is 8. The molecule has 0 fully saturated rings. The topological polar surface area (TPSA) is 99.5 Å².